The van der Waals surface area contributed by atoms with Gasteiger partial charge in [-0.15, -0.1) is 0 Å². The minimum Gasteiger partial charge on any atom is -0.341 e. The van der Waals surface area contributed by atoms with Crippen LogP contribution in [0.5, 0.6) is 0 Å². The van der Waals surface area contributed by atoms with Crippen molar-refractivity contribution in [3.05, 3.63) is 58.1 Å². The number of hydrogen-bond donors (Lipinski definition) is 0. The molecule has 1 fully saturated rings. The monoisotopic (exact) mass is 334 g/mol. The average molecular weight is 334 g/mol. The van der Waals surface area contributed by atoms with Crippen LogP contribution in [0.2, 0.25) is 0 Å². The molecule has 0 unspecified atom stereocenters. The van der Waals surface area contributed by atoms with E-state index in [1.807, 2.05) is 31.3 Å². The summed E-state index contributed by atoms with van der Waals surface area (Å²) >= 11 is 0. The number of nitrogens with zero attached hydrogens (tertiary/aromatic N) is 4. The highest BCUT2D eigenvalue weighted by atomic mass is 16.1. The highest BCUT2D eigenvalue weighted by Crippen LogP contribution is 2.19. The van der Waals surface area contributed by atoms with Crippen LogP contribution in [-0.4, -0.2) is 27.6 Å². The third-order valence-electron chi connectivity index (χ3n) is 5.11. The molecule has 0 amide bonds. The van der Waals surface area contributed by atoms with Gasteiger partial charge in [-0.25, -0.2) is 9.97 Å². The molecule has 0 aliphatic carbocycles. The Kier molecular flexibility index (Phi) is 3.99. The third kappa shape index (κ3) is 2.80. The molecule has 5 heteroatoms. The van der Waals surface area contributed by atoms with Gasteiger partial charge >= 0.3 is 0 Å². The van der Waals surface area contributed by atoms with Crippen LogP contribution in [0.4, 0.5) is 5.95 Å². The third-order valence-corrected chi connectivity index (χ3v) is 5.11. The first-order valence-electron chi connectivity index (χ1n) is 8.85. The van der Waals surface area contributed by atoms with Gasteiger partial charge in [0, 0.05) is 25.5 Å². The largest absolute Gasteiger partial charge is 0.341 e. The molecule has 128 valence electrons. The van der Waals surface area contributed by atoms with Gasteiger partial charge in [0.25, 0.3) is 5.56 Å². The van der Waals surface area contributed by atoms with Crippen molar-refractivity contribution >= 4 is 16.9 Å². The highest BCUT2D eigenvalue weighted by molar-refractivity contribution is 5.78. The highest BCUT2D eigenvalue weighted by Gasteiger charge is 2.15. The Labute approximate surface area is 147 Å². The molecule has 1 saturated heterocycles. The lowest BCUT2D eigenvalue weighted by molar-refractivity contribution is 0.569. The van der Waals surface area contributed by atoms with Gasteiger partial charge in [0.15, 0.2) is 0 Å². The van der Waals surface area contributed by atoms with Crippen LogP contribution in [0.15, 0.2) is 41.5 Å². The van der Waals surface area contributed by atoms with Crippen LogP contribution in [0.3, 0.4) is 0 Å². The quantitative estimate of drug-likeness (QED) is 0.721. The number of piperidine rings is 1. The molecule has 3 aromatic rings. The van der Waals surface area contributed by atoms with Crippen molar-refractivity contribution in [2.75, 3.05) is 18.0 Å². The van der Waals surface area contributed by atoms with Gasteiger partial charge in [0.1, 0.15) is 0 Å². The predicted molar refractivity (Wildman–Crippen MR) is 101 cm³/mol. The Morgan fingerprint density at radius 3 is 2.64 bits per heavy atom. The van der Waals surface area contributed by atoms with Gasteiger partial charge in [0.05, 0.1) is 16.6 Å². The van der Waals surface area contributed by atoms with E-state index in [1.165, 1.54) is 24.8 Å². The summed E-state index contributed by atoms with van der Waals surface area (Å²) in [6.45, 7) is 6.08. The normalized spacial score (nSPS) is 14.9. The topological polar surface area (TPSA) is 51.0 Å². The van der Waals surface area contributed by atoms with Crippen molar-refractivity contribution in [3.8, 4) is 5.69 Å². The molecular formula is C20H22N4O. The number of anilines is 1. The van der Waals surface area contributed by atoms with Gasteiger partial charge in [0.2, 0.25) is 5.95 Å². The maximum absolute atomic E-state index is 12.9. The van der Waals surface area contributed by atoms with Gasteiger partial charge in [-0.3, -0.25) is 9.36 Å². The smallest absolute Gasteiger partial charge is 0.266 e. The molecule has 0 atom stereocenters. The maximum atomic E-state index is 12.9. The van der Waals surface area contributed by atoms with Gasteiger partial charge < -0.3 is 4.90 Å². The van der Waals surface area contributed by atoms with E-state index in [9.17, 15) is 4.79 Å². The zero-order valence-corrected chi connectivity index (χ0v) is 14.7. The molecule has 2 aromatic heterocycles. The number of aryl methyl sites for hydroxylation is 1. The van der Waals surface area contributed by atoms with Gasteiger partial charge in [-0.1, -0.05) is 12.1 Å². The fraction of sp³-hybridized carbons (Fsp3) is 0.350. The second kappa shape index (κ2) is 6.31. The van der Waals surface area contributed by atoms with E-state index in [4.69, 9.17) is 0 Å². The Balaban J connectivity index is 1.81. The number of fused-ring (bicyclic) bond motifs is 1. The summed E-state index contributed by atoms with van der Waals surface area (Å²) in [7, 11) is 0. The van der Waals surface area contributed by atoms with E-state index in [1.54, 1.807) is 10.8 Å². The van der Waals surface area contributed by atoms with E-state index in [0.29, 0.717) is 10.9 Å². The maximum Gasteiger partial charge on any atom is 0.266 e. The summed E-state index contributed by atoms with van der Waals surface area (Å²) in [6, 6.07) is 7.91. The molecule has 1 aliphatic heterocycles. The molecule has 5 nitrogen and oxygen atoms in total. The lowest BCUT2D eigenvalue weighted by Crippen LogP contribution is -2.31. The second-order valence-corrected chi connectivity index (χ2v) is 6.73. The molecule has 0 N–H and O–H groups in total. The fourth-order valence-corrected chi connectivity index (χ4v) is 3.45. The van der Waals surface area contributed by atoms with Crippen LogP contribution < -0.4 is 10.5 Å². The van der Waals surface area contributed by atoms with Gasteiger partial charge in [-0.2, -0.15) is 0 Å². The summed E-state index contributed by atoms with van der Waals surface area (Å²) in [6.07, 6.45) is 7.12. The summed E-state index contributed by atoms with van der Waals surface area (Å²) < 4.78 is 1.69. The summed E-state index contributed by atoms with van der Waals surface area (Å²) in [4.78, 5) is 24.3. The summed E-state index contributed by atoms with van der Waals surface area (Å²) in [5.74, 6) is 0.732. The van der Waals surface area contributed by atoms with E-state index < -0.39 is 0 Å². The van der Waals surface area contributed by atoms with Crippen LogP contribution in [-0.2, 0) is 0 Å². The van der Waals surface area contributed by atoms with E-state index in [2.05, 4.69) is 27.9 Å². The van der Waals surface area contributed by atoms with Crippen molar-refractivity contribution in [2.24, 2.45) is 0 Å². The van der Waals surface area contributed by atoms with Crippen molar-refractivity contribution in [3.63, 3.8) is 0 Å². The molecule has 25 heavy (non-hydrogen) atoms. The first-order valence-corrected chi connectivity index (χ1v) is 8.85. The minimum atomic E-state index is -0.0728. The van der Waals surface area contributed by atoms with Crippen molar-refractivity contribution < 1.29 is 0 Å². The molecule has 0 radical (unpaired) electrons. The number of rotatable bonds is 2. The van der Waals surface area contributed by atoms with Gasteiger partial charge in [-0.05, 0) is 56.4 Å². The van der Waals surface area contributed by atoms with Crippen LogP contribution in [0, 0.1) is 13.8 Å². The standard InChI is InChI=1S/C20H22N4O/c1-14-7-6-8-18(15(14)2)24-12-9-17-16(19(24)25)13-21-20(22-17)23-10-4-3-5-11-23/h6-9,12-13H,3-5,10-11H2,1-2H3. The first kappa shape index (κ1) is 15.8. The second-order valence-electron chi connectivity index (χ2n) is 6.73. The first-order chi connectivity index (χ1) is 12.1. The van der Waals surface area contributed by atoms with Crippen LogP contribution >= 0.6 is 0 Å². The number of benzene rings is 1. The molecular weight excluding hydrogens is 312 g/mol. The lowest BCUT2D eigenvalue weighted by atomic mass is 10.1. The molecule has 4 rings (SSSR count). The lowest BCUT2D eigenvalue weighted by Gasteiger charge is -2.26. The molecule has 1 aliphatic rings. The summed E-state index contributed by atoms with van der Waals surface area (Å²) in [5, 5.41) is 0.559. The molecule has 0 saturated carbocycles. The number of aromatic nitrogens is 3. The fourth-order valence-electron chi connectivity index (χ4n) is 3.45. The Bertz CT molecular complexity index is 987. The van der Waals surface area contributed by atoms with E-state index in [-0.39, 0.29) is 5.56 Å². The Hall–Kier alpha value is -2.69. The van der Waals surface area contributed by atoms with E-state index >= 15 is 0 Å². The van der Waals surface area contributed by atoms with Crippen molar-refractivity contribution in [1.82, 2.24) is 14.5 Å². The minimum absolute atomic E-state index is 0.0728. The Morgan fingerprint density at radius 2 is 1.84 bits per heavy atom. The number of pyridine rings is 1. The average Bonchev–Trinajstić information content (AvgIpc) is 2.65. The molecule has 3 heterocycles. The molecule has 0 spiro atoms. The van der Waals surface area contributed by atoms with E-state index in [0.717, 1.165) is 30.3 Å². The predicted octanol–water partition coefficient (Wildman–Crippen LogP) is 3.39. The van der Waals surface area contributed by atoms with Crippen LogP contribution in [0.25, 0.3) is 16.6 Å². The molecule has 1 aromatic carbocycles. The van der Waals surface area contributed by atoms with Crippen LogP contribution in [0.1, 0.15) is 30.4 Å². The zero-order chi connectivity index (χ0) is 17.4. The number of hydrogen-bond acceptors (Lipinski definition) is 4. The zero-order valence-electron chi connectivity index (χ0n) is 14.7. The SMILES string of the molecule is Cc1cccc(-n2ccc3nc(N4CCCCC4)ncc3c2=O)c1C. The summed E-state index contributed by atoms with van der Waals surface area (Å²) in [5.41, 5.74) is 3.82. The molecule has 0 bridgehead atoms. The van der Waals surface area contributed by atoms with Crippen molar-refractivity contribution in [1.29, 1.82) is 0 Å². The van der Waals surface area contributed by atoms with Crippen molar-refractivity contribution in [2.45, 2.75) is 33.1 Å². The Morgan fingerprint density at radius 1 is 1.04 bits per heavy atom.